The van der Waals surface area contributed by atoms with Crippen molar-refractivity contribution in [2.45, 2.75) is 40.2 Å². The van der Waals surface area contributed by atoms with Crippen molar-refractivity contribution in [1.29, 1.82) is 0 Å². The lowest BCUT2D eigenvalue weighted by Crippen LogP contribution is -2.45. The van der Waals surface area contributed by atoms with Gasteiger partial charge in [-0.25, -0.2) is 0 Å². The zero-order valence-electron chi connectivity index (χ0n) is 15.2. The Kier molecular flexibility index (Phi) is 5.91. The van der Waals surface area contributed by atoms with E-state index in [1.54, 1.807) is 26.2 Å². The maximum absolute atomic E-state index is 12.7. The lowest BCUT2D eigenvalue weighted by Gasteiger charge is -2.24. The molecule has 2 rings (SSSR count). The summed E-state index contributed by atoms with van der Waals surface area (Å²) in [6, 6.07) is 11.3. The lowest BCUT2D eigenvalue weighted by molar-refractivity contribution is -0.138. The van der Waals surface area contributed by atoms with E-state index in [-0.39, 0.29) is 17.7 Å². The number of nitrogens with one attached hydrogen (secondary N) is 2. The normalized spacial score (nSPS) is 11.2. The molecule has 0 atom stereocenters. The summed E-state index contributed by atoms with van der Waals surface area (Å²) < 4.78 is 0. The third-order valence-electron chi connectivity index (χ3n) is 4.14. The number of rotatable bonds is 6. The molecule has 1 aromatic carbocycles. The summed E-state index contributed by atoms with van der Waals surface area (Å²) in [4.78, 5) is 29.2. The predicted molar refractivity (Wildman–Crippen MR) is 99.0 cm³/mol. The van der Waals surface area contributed by atoms with Gasteiger partial charge < -0.3 is 10.6 Å². The van der Waals surface area contributed by atoms with Crippen LogP contribution in [0.15, 0.2) is 48.8 Å². The lowest BCUT2D eigenvalue weighted by atomic mass is 9.90. The van der Waals surface area contributed by atoms with E-state index in [1.807, 2.05) is 36.4 Å². The second kappa shape index (κ2) is 7.92. The van der Waals surface area contributed by atoms with Crippen LogP contribution >= 0.6 is 0 Å². The van der Waals surface area contributed by atoms with Crippen molar-refractivity contribution in [2.24, 2.45) is 5.41 Å². The fourth-order valence-electron chi connectivity index (χ4n) is 2.40. The van der Waals surface area contributed by atoms with Crippen molar-refractivity contribution in [1.82, 2.24) is 10.3 Å². The summed E-state index contributed by atoms with van der Waals surface area (Å²) in [7, 11) is 0. The summed E-state index contributed by atoms with van der Waals surface area (Å²) in [5.74, 6) is -0.376. The third-order valence-corrected chi connectivity index (χ3v) is 4.14. The molecule has 0 fully saturated rings. The number of hydrogen-bond donors (Lipinski definition) is 2. The van der Waals surface area contributed by atoms with Gasteiger partial charge in [0.15, 0.2) is 0 Å². The molecule has 2 aromatic rings. The molecular formula is C20H25N3O2. The first kappa shape index (κ1) is 18.6. The molecule has 5 nitrogen and oxygen atoms in total. The van der Waals surface area contributed by atoms with Crippen molar-refractivity contribution >= 4 is 17.5 Å². The number of para-hydroxylation sites is 1. The molecule has 0 aliphatic rings. The molecule has 0 spiro atoms. The Hall–Kier alpha value is -2.69. The first-order valence-corrected chi connectivity index (χ1v) is 8.40. The highest BCUT2D eigenvalue weighted by Gasteiger charge is 2.36. The summed E-state index contributed by atoms with van der Waals surface area (Å²) in [5.41, 5.74) is 1.49. The van der Waals surface area contributed by atoms with Crippen LogP contribution in [0.25, 0.3) is 0 Å². The van der Waals surface area contributed by atoms with Gasteiger partial charge >= 0.3 is 0 Å². The zero-order chi connectivity index (χ0) is 18.4. The van der Waals surface area contributed by atoms with Crippen molar-refractivity contribution < 1.29 is 9.59 Å². The molecule has 25 heavy (non-hydrogen) atoms. The smallest absolute Gasteiger partial charge is 0.239 e. The number of nitrogens with zero attached hydrogens (tertiary/aromatic N) is 1. The Morgan fingerprint density at radius 1 is 1.08 bits per heavy atom. The number of hydrogen-bond acceptors (Lipinski definition) is 3. The van der Waals surface area contributed by atoms with Crippen molar-refractivity contribution in [3.8, 4) is 0 Å². The molecule has 0 aliphatic carbocycles. The van der Waals surface area contributed by atoms with Crippen LogP contribution in [0.3, 0.4) is 0 Å². The largest absolute Gasteiger partial charge is 0.351 e. The molecule has 2 amide bonds. The average molecular weight is 339 g/mol. The number of benzene rings is 1. The fraction of sp³-hybridized carbons (Fsp3) is 0.350. The van der Waals surface area contributed by atoms with Gasteiger partial charge in [-0.15, -0.1) is 0 Å². The minimum atomic E-state index is -1.19. The number of carbonyl (C=O) groups excluding carboxylic acids is 2. The Morgan fingerprint density at radius 2 is 1.80 bits per heavy atom. The maximum Gasteiger partial charge on any atom is 0.239 e. The van der Waals surface area contributed by atoms with Crippen LogP contribution in [0.5, 0.6) is 0 Å². The quantitative estimate of drug-likeness (QED) is 0.792. The standard InChI is InChI=1S/C20H25N3O2/c1-14(2)16-9-5-6-10-17(16)23-19(25)20(3,4)18(24)22-13-15-8-7-11-21-12-15/h5-12,14H,13H2,1-4H3,(H,22,24)(H,23,25). The third kappa shape index (κ3) is 4.66. The van der Waals surface area contributed by atoms with Crippen molar-refractivity contribution in [3.63, 3.8) is 0 Å². The van der Waals surface area contributed by atoms with Crippen LogP contribution in [0.2, 0.25) is 0 Å². The van der Waals surface area contributed by atoms with E-state index in [0.717, 1.165) is 16.8 Å². The van der Waals surface area contributed by atoms with E-state index in [2.05, 4.69) is 29.5 Å². The summed E-state index contributed by atoms with van der Waals surface area (Å²) >= 11 is 0. The molecule has 0 radical (unpaired) electrons. The van der Waals surface area contributed by atoms with Crippen LogP contribution in [0.1, 0.15) is 44.7 Å². The van der Waals surface area contributed by atoms with Crippen molar-refractivity contribution in [2.75, 3.05) is 5.32 Å². The van der Waals surface area contributed by atoms with Gasteiger partial charge in [0.25, 0.3) is 0 Å². The summed E-state index contributed by atoms with van der Waals surface area (Å²) in [6.45, 7) is 7.72. The van der Waals surface area contributed by atoms with E-state index < -0.39 is 5.41 Å². The summed E-state index contributed by atoms with van der Waals surface area (Å²) in [6.07, 6.45) is 3.36. The Balaban J connectivity index is 2.05. The highest BCUT2D eigenvalue weighted by molar-refractivity contribution is 6.10. The van der Waals surface area contributed by atoms with Gasteiger partial charge in [0.2, 0.25) is 11.8 Å². The van der Waals surface area contributed by atoms with E-state index in [4.69, 9.17) is 0 Å². The van der Waals surface area contributed by atoms with Gasteiger partial charge in [-0.1, -0.05) is 38.1 Å². The highest BCUT2D eigenvalue weighted by Crippen LogP contribution is 2.26. The minimum absolute atomic E-state index is 0.277. The van der Waals surface area contributed by atoms with Crippen LogP contribution in [-0.4, -0.2) is 16.8 Å². The predicted octanol–water partition coefficient (Wildman–Crippen LogP) is 3.49. The molecule has 5 heteroatoms. The van der Waals surface area contributed by atoms with E-state index >= 15 is 0 Å². The van der Waals surface area contributed by atoms with Gasteiger partial charge in [-0.3, -0.25) is 14.6 Å². The molecule has 0 saturated carbocycles. The maximum atomic E-state index is 12.7. The number of anilines is 1. The number of pyridine rings is 1. The number of aromatic nitrogens is 1. The number of amides is 2. The molecule has 1 heterocycles. The van der Waals surface area contributed by atoms with E-state index in [1.165, 1.54) is 0 Å². The van der Waals surface area contributed by atoms with E-state index in [0.29, 0.717) is 6.54 Å². The minimum Gasteiger partial charge on any atom is -0.351 e. The Bertz CT molecular complexity index is 740. The van der Waals surface area contributed by atoms with Crippen LogP contribution in [0.4, 0.5) is 5.69 Å². The molecular weight excluding hydrogens is 314 g/mol. The zero-order valence-corrected chi connectivity index (χ0v) is 15.2. The van der Waals surface area contributed by atoms with Crippen molar-refractivity contribution in [3.05, 3.63) is 59.9 Å². The second-order valence-electron chi connectivity index (χ2n) is 6.87. The molecule has 0 aliphatic heterocycles. The molecule has 0 saturated heterocycles. The average Bonchev–Trinajstić information content (AvgIpc) is 2.60. The van der Waals surface area contributed by atoms with Gasteiger partial charge in [-0.2, -0.15) is 0 Å². The van der Waals surface area contributed by atoms with Crippen LogP contribution in [-0.2, 0) is 16.1 Å². The molecule has 0 unspecified atom stereocenters. The van der Waals surface area contributed by atoms with Crippen LogP contribution < -0.4 is 10.6 Å². The summed E-state index contributed by atoms with van der Waals surface area (Å²) in [5, 5.41) is 5.70. The monoisotopic (exact) mass is 339 g/mol. The first-order chi connectivity index (χ1) is 11.8. The van der Waals surface area contributed by atoms with Gasteiger partial charge in [0.1, 0.15) is 5.41 Å². The van der Waals surface area contributed by atoms with Crippen LogP contribution in [0, 0.1) is 5.41 Å². The Morgan fingerprint density at radius 3 is 2.44 bits per heavy atom. The van der Waals surface area contributed by atoms with Gasteiger partial charge in [0, 0.05) is 24.6 Å². The fourth-order valence-corrected chi connectivity index (χ4v) is 2.40. The number of carbonyl (C=O) groups is 2. The first-order valence-electron chi connectivity index (χ1n) is 8.40. The molecule has 1 aromatic heterocycles. The second-order valence-corrected chi connectivity index (χ2v) is 6.87. The molecule has 0 bridgehead atoms. The van der Waals surface area contributed by atoms with Gasteiger partial charge in [-0.05, 0) is 43.0 Å². The van der Waals surface area contributed by atoms with E-state index in [9.17, 15) is 9.59 Å². The highest BCUT2D eigenvalue weighted by atomic mass is 16.2. The molecule has 2 N–H and O–H groups in total. The molecule has 132 valence electrons. The Labute approximate surface area is 148 Å². The van der Waals surface area contributed by atoms with Gasteiger partial charge in [0.05, 0.1) is 0 Å². The topological polar surface area (TPSA) is 71.1 Å². The SMILES string of the molecule is CC(C)c1ccccc1NC(=O)C(C)(C)C(=O)NCc1cccnc1.